The molecule has 0 aromatic carbocycles. The molecule has 0 saturated heterocycles. The number of aryl methyl sites for hydroxylation is 1. The molecule has 0 bridgehead atoms. The predicted molar refractivity (Wildman–Crippen MR) is 107 cm³/mol. The van der Waals surface area contributed by atoms with Crippen LogP contribution >= 0.6 is 11.3 Å². The monoisotopic (exact) mass is 374 g/mol. The highest BCUT2D eigenvalue weighted by Gasteiger charge is 2.14. The second-order valence-corrected chi connectivity index (χ2v) is 8.07. The number of guanidine groups is 1. The van der Waals surface area contributed by atoms with Gasteiger partial charge in [0.15, 0.2) is 11.8 Å². The summed E-state index contributed by atoms with van der Waals surface area (Å²) >= 11 is 1.76. The first-order chi connectivity index (χ1) is 12.7. The first-order valence-electron chi connectivity index (χ1n) is 9.62. The third kappa shape index (κ3) is 5.56. The summed E-state index contributed by atoms with van der Waals surface area (Å²) in [5.41, 5.74) is 0. The molecule has 0 amide bonds. The summed E-state index contributed by atoms with van der Waals surface area (Å²) in [4.78, 5) is 6.02. The first kappa shape index (κ1) is 18.9. The van der Waals surface area contributed by atoms with Gasteiger partial charge in [-0.25, -0.2) is 4.99 Å². The Morgan fingerprint density at radius 2 is 2.15 bits per heavy atom. The van der Waals surface area contributed by atoms with Crippen molar-refractivity contribution in [2.24, 2.45) is 18.0 Å². The second kappa shape index (κ2) is 9.71. The highest BCUT2D eigenvalue weighted by Crippen LogP contribution is 2.28. The van der Waals surface area contributed by atoms with Gasteiger partial charge in [-0.05, 0) is 37.1 Å². The van der Waals surface area contributed by atoms with Crippen molar-refractivity contribution in [2.45, 2.75) is 58.5 Å². The number of rotatable bonds is 8. The maximum Gasteiger partial charge on any atom is 0.192 e. The Hall–Kier alpha value is -1.89. The lowest BCUT2D eigenvalue weighted by Gasteiger charge is -2.13. The number of nitrogens with one attached hydrogen (secondary N) is 2. The van der Waals surface area contributed by atoms with Gasteiger partial charge in [-0.3, -0.25) is 0 Å². The van der Waals surface area contributed by atoms with Crippen LogP contribution in [0.2, 0.25) is 0 Å². The molecular formula is C19H30N6S. The second-order valence-electron chi connectivity index (χ2n) is 7.04. The zero-order chi connectivity index (χ0) is 18.2. The van der Waals surface area contributed by atoms with E-state index in [1.54, 1.807) is 11.3 Å². The first-order valence-corrected chi connectivity index (χ1v) is 10.5. The van der Waals surface area contributed by atoms with E-state index in [-0.39, 0.29) is 0 Å². The minimum Gasteiger partial charge on any atom is -0.356 e. The highest BCUT2D eigenvalue weighted by molar-refractivity contribution is 7.09. The Kier molecular flexibility index (Phi) is 7.05. The molecule has 7 heteroatoms. The molecule has 142 valence electrons. The maximum absolute atomic E-state index is 4.71. The molecule has 2 aromatic rings. The third-order valence-corrected chi connectivity index (χ3v) is 6.00. The van der Waals surface area contributed by atoms with Gasteiger partial charge in [-0.2, -0.15) is 0 Å². The number of nitrogens with zero attached hydrogens (tertiary/aromatic N) is 4. The molecule has 0 spiro atoms. The molecule has 3 rings (SSSR count). The van der Waals surface area contributed by atoms with Crippen molar-refractivity contribution in [2.75, 3.05) is 6.54 Å². The molecule has 1 aliphatic carbocycles. The van der Waals surface area contributed by atoms with E-state index in [1.807, 2.05) is 18.5 Å². The van der Waals surface area contributed by atoms with Gasteiger partial charge >= 0.3 is 0 Å². The summed E-state index contributed by atoms with van der Waals surface area (Å²) in [6, 6.07) is 4.22. The molecular weight excluding hydrogens is 344 g/mol. The van der Waals surface area contributed by atoms with Crippen molar-refractivity contribution >= 4 is 17.3 Å². The Morgan fingerprint density at radius 3 is 2.85 bits per heavy atom. The van der Waals surface area contributed by atoms with Crippen LogP contribution in [0.15, 0.2) is 22.5 Å². The number of aliphatic imine (C=N–C) groups is 1. The van der Waals surface area contributed by atoms with Crippen molar-refractivity contribution < 1.29 is 0 Å². The topological polar surface area (TPSA) is 67.1 Å². The molecule has 1 fully saturated rings. The van der Waals surface area contributed by atoms with Crippen LogP contribution in [-0.4, -0.2) is 27.3 Å². The fraction of sp³-hybridized carbons (Fsp3) is 0.632. The van der Waals surface area contributed by atoms with Gasteiger partial charge < -0.3 is 15.2 Å². The lowest BCUT2D eigenvalue weighted by atomic mass is 10.0. The Morgan fingerprint density at radius 1 is 1.31 bits per heavy atom. The van der Waals surface area contributed by atoms with Gasteiger partial charge in [0.2, 0.25) is 0 Å². The number of hydrogen-bond acceptors (Lipinski definition) is 4. The zero-order valence-corrected chi connectivity index (χ0v) is 16.7. The fourth-order valence-electron chi connectivity index (χ4n) is 3.39. The van der Waals surface area contributed by atoms with Crippen molar-refractivity contribution in [3.63, 3.8) is 0 Å². The highest BCUT2D eigenvalue weighted by atomic mass is 32.1. The summed E-state index contributed by atoms with van der Waals surface area (Å²) in [6.07, 6.45) is 8.21. The average Bonchev–Trinajstić information content (AvgIpc) is 3.39. The van der Waals surface area contributed by atoms with Gasteiger partial charge in [0.25, 0.3) is 0 Å². The van der Waals surface area contributed by atoms with E-state index in [9.17, 15) is 0 Å². The van der Waals surface area contributed by atoms with E-state index < -0.39 is 0 Å². The van der Waals surface area contributed by atoms with Crippen LogP contribution in [0.5, 0.6) is 0 Å². The van der Waals surface area contributed by atoms with Gasteiger partial charge in [-0.15, -0.1) is 21.5 Å². The fourth-order valence-corrected chi connectivity index (χ4v) is 4.04. The van der Waals surface area contributed by atoms with E-state index in [2.05, 4.69) is 38.3 Å². The summed E-state index contributed by atoms with van der Waals surface area (Å²) in [6.45, 7) is 4.24. The van der Waals surface area contributed by atoms with Gasteiger partial charge in [0, 0.05) is 18.5 Å². The number of thiophene rings is 1. The zero-order valence-electron chi connectivity index (χ0n) is 15.9. The van der Waals surface area contributed by atoms with Crippen molar-refractivity contribution in [1.82, 2.24) is 25.4 Å². The minimum atomic E-state index is 0.528. The normalized spacial score (nSPS) is 15.5. The van der Waals surface area contributed by atoms with E-state index in [0.29, 0.717) is 6.54 Å². The molecule has 2 aromatic heterocycles. The van der Waals surface area contributed by atoms with Crippen LogP contribution in [0.4, 0.5) is 0 Å². The summed E-state index contributed by atoms with van der Waals surface area (Å²) in [5.74, 6) is 3.59. The van der Waals surface area contributed by atoms with Crippen LogP contribution in [0.1, 0.15) is 55.1 Å². The molecule has 1 saturated carbocycles. The molecule has 26 heavy (non-hydrogen) atoms. The summed E-state index contributed by atoms with van der Waals surface area (Å²) in [5, 5.41) is 17.3. The minimum absolute atomic E-state index is 0.528. The molecule has 0 unspecified atom stereocenters. The van der Waals surface area contributed by atoms with Crippen molar-refractivity contribution in [3.8, 4) is 0 Å². The predicted octanol–water partition coefficient (Wildman–Crippen LogP) is 3.39. The third-order valence-electron chi connectivity index (χ3n) is 5.13. The quantitative estimate of drug-likeness (QED) is 0.422. The molecule has 0 atom stereocenters. The molecule has 2 N–H and O–H groups in total. The Balaban J connectivity index is 1.51. The van der Waals surface area contributed by atoms with E-state index in [0.717, 1.165) is 36.6 Å². The van der Waals surface area contributed by atoms with Gasteiger partial charge in [-0.1, -0.05) is 31.7 Å². The average molecular weight is 375 g/mol. The number of aromatic nitrogens is 3. The van der Waals surface area contributed by atoms with Crippen LogP contribution in [0, 0.1) is 12.8 Å². The molecule has 6 nitrogen and oxygen atoms in total. The van der Waals surface area contributed by atoms with Crippen molar-refractivity contribution in [3.05, 3.63) is 34.0 Å². The van der Waals surface area contributed by atoms with Crippen molar-refractivity contribution in [1.29, 1.82) is 0 Å². The largest absolute Gasteiger partial charge is 0.356 e. The van der Waals surface area contributed by atoms with E-state index >= 15 is 0 Å². The van der Waals surface area contributed by atoms with Crippen LogP contribution in [-0.2, 0) is 20.1 Å². The summed E-state index contributed by atoms with van der Waals surface area (Å²) in [7, 11) is 1.98. The molecule has 2 heterocycles. The Labute approximate surface area is 160 Å². The lowest BCUT2D eigenvalue weighted by Crippen LogP contribution is -2.37. The standard InChI is InChI=1S/C19H30N6S/c1-15-23-24-18(25(15)2)14-22-19(21-13-17-10-6-12-26-17)20-11-5-9-16-7-3-4-8-16/h6,10,12,16H,3-5,7-9,11,13-14H2,1-2H3,(H2,20,21,22). The maximum atomic E-state index is 4.71. The number of hydrogen-bond donors (Lipinski definition) is 2. The molecule has 0 aliphatic heterocycles. The molecule has 1 aliphatic rings. The van der Waals surface area contributed by atoms with E-state index in [1.165, 1.54) is 43.4 Å². The summed E-state index contributed by atoms with van der Waals surface area (Å²) < 4.78 is 1.99. The van der Waals surface area contributed by atoms with Crippen LogP contribution in [0.3, 0.4) is 0 Å². The smallest absolute Gasteiger partial charge is 0.192 e. The lowest BCUT2D eigenvalue weighted by molar-refractivity contribution is 0.481. The molecule has 0 radical (unpaired) electrons. The van der Waals surface area contributed by atoms with Gasteiger partial charge in [0.1, 0.15) is 12.4 Å². The van der Waals surface area contributed by atoms with Crippen LogP contribution < -0.4 is 10.6 Å². The van der Waals surface area contributed by atoms with E-state index in [4.69, 9.17) is 4.99 Å². The van der Waals surface area contributed by atoms with Crippen LogP contribution in [0.25, 0.3) is 0 Å². The SMILES string of the molecule is Cc1nnc(CN=C(NCCCC2CCCC2)NCc2cccs2)n1C. The Bertz CT molecular complexity index is 685. The van der Waals surface area contributed by atoms with Gasteiger partial charge in [0.05, 0.1) is 6.54 Å².